The first-order chi connectivity index (χ1) is 14.5. The van der Waals surface area contributed by atoms with Crippen LogP contribution in [0.5, 0.6) is 5.75 Å². The second kappa shape index (κ2) is 9.78. The highest BCUT2D eigenvalue weighted by Crippen LogP contribution is 2.19. The van der Waals surface area contributed by atoms with Crippen LogP contribution in [0.15, 0.2) is 48.5 Å². The third kappa shape index (κ3) is 5.28. The van der Waals surface area contributed by atoms with Gasteiger partial charge < -0.3 is 24.6 Å². The summed E-state index contributed by atoms with van der Waals surface area (Å²) in [6.45, 7) is 3.12. The molecular weight excluding hydrogens is 386 g/mol. The van der Waals surface area contributed by atoms with Crippen LogP contribution in [0.4, 0.5) is 10.5 Å². The van der Waals surface area contributed by atoms with Crippen LogP contribution in [0, 0.1) is 6.92 Å². The lowest BCUT2D eigenvalue weighted by Gasteiger charge is -2.34. The van der Waals surface area contributed by atoms with Crippen molar-refractivity contribution in [3.8, 4) is 5.75 Å². The van der Waals surface area contributed by atoms with Gasteiger partial charge in [-0.05, 0) is 36.8 Å². The molecule has 0 spiro atoms. The molecule has 30 heavy (non-hydrogen) atoms. The molecule has 0 radical (unpaired) electrons. The number of amides is 3. The zero-order chi connectivity index (χ0) is 21.5. The molecule has 0 aliphatic carbocycles. The maximum Gasteiger partial charge on any atom is 0.338 e. The van der Waals surface area contributed by atoms with Crippen LogP contribution in [-0.4, -0.2) is 67.6 Å². The van der Waals surface area contributed by atoms with Gasteiger partial charge in [0.1, 0.15) is 5.75 Å². The third-order valence-corrected chi connectivity index (χ3v) is 4.92. The predicted molar refractivity (Wildman–Crippen MR) is 112 cm³/mol. The van der Waals surface area contributed by atoms with Gasteiger partial charge >= 0.3 is 12.0 Å². The minimum absolute atomic E-state index is 0.201. The summed E-state index contributed by atoms with van der Waals surface area (Å²) in [6, 6.07) is 14.0. The Kier molecular flexibility index (Phi) is 6.90. The highest BCUT2D eigenvalue weighted by molar-refractivity contribution is 5.92. The number of esters is 1. The first kappa shape index (κ1) is 21.2. The molecule has 0 saturated carbocycles. The smallest absolute Gasteiger partial charge is 0.338 e. The van der Waals surface area contributed by atoms with E-state index in [4.69, 9.17) is 9.47 Å². The van der Waals surface area contributed by atoms with Crippen molar-refractivity contribution < 1.29 is 23.9 Å². The molecule has 1 saturated heterocycles. The van der Waals surface area contributed by atoms with Crippen LogP contribution < -0.4 is 10.1 Å². The average Bonchev–Trinajstić information content (AvgIpc) is 2.78. The van der Waals surface area contributed by atoms with E-state index >= 15 is 0 Å². The summed E-state index contributed by atoms with van der Waals surface area (Å²) in [4.78, 5) is 40.2. The molecule has 158 valence electrons. The predicted octanol–water partition coefficient (Wildman–Crippen LogP) is 2.54. The fourth-order valence-corrected chi connectivity index (χ4v) is 3.13. The molecule has 0 bridgehead atoms. The first-order valence-corrected chi connectivity index (χ1v) is 9.68. The molecule has 3 amide bonds. The quantitative estimate of drug-likeness (QED) is 0.764. The van der Waals surface area contributed by atoms with Gasteiger partial charge in [-0.2, -0.15) is 0 Å². The first-order valence-electron chi connectivity index (χ1n) is 9.68. The van der Waals surface area contributed by atoms with Gasteiger partial charge in [-0.1, -0.05) is 24.3 Å². The van der Waals surface area contributed by atoms with Crippen molar-refractivity contribution in [3.63, 3.8) is 0 Å². The number of nitrogens with zero attached hydrogens (tertiary/aromatic N) is 2. The van der Waals surface area contributed by atoms with Crippen molar-refractivity contribution in [2.75, 3.05) is 45.2 Å². The molecule has 1 heterocycles. The zero-order valence-corrected chi connectivity index (χ0v) is 17.1. The number of rotatable bonds is 5. The zero-order valence-electron chi connectivity index (χ0n) is 17.1. The van der Waals surface area contributed by atoms with Crippen LogP contribution >= 0.6 is 0 Å². The molecule has 1 aliphatic rings. The molecule has 1 fully saturated rings. The number of nitrogens with one attached hydrogen (secondary N) is 1. The van der Waals surface area contributed by atoms with Crippen LogP contribution in [0.3, 0.4) is 0 Å². The molecule has 0 aromatic heterocycles. The summed E-state index contributed by atoms with van der Waals surface area (Å²) < 4.78 is 10.4. The van der Waals surface area contributed by atoms with Gasteiger partial charge in [0.2, 0.25) is 0 Å². The number of carbonyl (C=O) groups excluding carboxylic acids is 3. The van der Waals surface area contributed by atoms with Crippen molar-refractivity contribution in [2.24, 2.45) is 0 Å². The lowest BCUT2D eigenvalue weighted by molar-refractivity contribution is -0.135. The highest BCUT2D eigenvalue weighted by Gasteiger charge is 2.25. The van der Waals surface area contributed by atoms with E-state index in [-0.39, 0.29) is 18.5 Å². The minimum atomic E-state index is -0.581. The fourth-order valence-electron chi connectivity index (χ4n) is 3.13. The Balaban J connectivity index is 1.45. The number of hydrogen-bond acceptors (Lipinski definition) is 5. The average molecular weight is 411 g/mol. The number of aryl methyl sites for hydroxylation is 1. The maximum absolute atomic E-state index is 12.4. The van der Waals surface area contributed by atoms with Crippen LogP contribution in [0.2, 0.25) is 0 Å². The summed E-state index contributed by atoms with van der Waals surface area (Å²) in [5.74, 6) is -0.284. The van der Waals surface area contributed by atoms with Crippen molar-refractivity contribution in [2.45, 2.75) is 6.92 Å². The van der Waals surface area contributed by atoms with Gasteiger partial charge in [-0.15, -0.1) is 0 Å². The minimum Gasteiger partial charge on any atom is -0.496 e. The lowest BCUT2D eigenvalue weighted by Crippen LogP contribution is -2.52. The van der Waals surface area contributed by atoms with E-state index in [1.54, 1.807) is 28.0 Å². The van der Waals surface area contributed by atoms with Crippen LogP contribution in [-0.2, 0) is 9.53 Å². The number of anilines is 1. The Bertz CT molecular complexity index is 908. The molecule has 1 N–H and O–H groups in total. The highest BCUT2D eigenvalue weighted by atomic mass is 16.5. The summed E-state index contributed by atoms with van der Waals surface area (Å²) in [5, 5.41) is 2.83. The van der Waals surface area contributed by atoms with E-state index in [1.807, 2.05) is 37.3 Å². The van der Waals surface area contributed by atoms with Crippen molar-refractivity contribution in [1.82, 2.24) is 9.80 Å². The second-order valence-corrected chi connectivity index (χ2v) is 6.92. The molecule has 2 aromatic rings. The Morgan fingerprint density at radius 3 is 2.30 bits per heavy atom. The topological polar surface area (TPSA) is 88.2 Å². The summed E-state index contributed by atoms with van der Waals surface area (Å²) in [5.41, 5.74) is 1.95. The van der Waals surface area contributed by atoms with E-state index in [1.165, 1.54) is 7.11 Å². The van der Waals surface area contributed by atoms with Gasteiger partial charge in [-0.25, -0.2) is 9.59 Å². The summed E-state index contributed by atoms with van der Waals surface area (Å²) in [7, 11) is 1.53. The molecule has 2 aromatic carbocycles. The Morgan fingerprint density at radius 1 is 0.967 bits per heavy atom. The van der Waals surface area contributed by atoms with Gasteiger partial charge in [0.15, 0.2) is 6.61 Å². The number of piperazine rings is 1. The number of benzene rings is 2. The van der Waals surface area contributed by atoms with E-state index in [2.05, 4.69) is 5.32 Å². The van der Waals surface area contributed by atoms with Crippen molar-refractivity contribution in [3.05, 3.63) is 59.7 Å². The number of hydrogen-bond donors (Lipinski definition) is 1. The second-order valence-electron chi connectivity index (χ2n) is 6.92. The SMILES string of the molecule is COc1cc(C(=O)OCC(=O)N2CCN(C(=O)Nc3ccccc3)CC2)ccc1C. The molecule has 0 atom stereocenters. The fraction of sp³-hybridized carbons (Fsp3) is 0.318. The van der Waals surface area contributed by atoms with Gasteiger partial charge in [0, 0.05) is 31.9 Å². The molecule has 1 aliphatic heterocycles. The van der Waals surface area contributed by atoms with E-state index in [0.717, 1.165) is 11.3 Å². The van der Waals surface area contributed by atoms with E-state index < -0.39 is 5.97 Å². The number of para-hydroxylation sites is 1. The van der Waals surface area contributed by atoms with Crippen LogP contribution in [0.1, 0.15) is 15.9 Å². The third-order valence-electron chi connectivity index (χ3n) is 4.92. The molecule has 8 heteroatoms. The Morgan fingerprint density at radius 2 is 1.63 bits per heavy atom. The lowest BCUT2D eigenvalue weighted by atomic mass is 10.1. The van der Waals surface area contributed by atoms with E-state index in [0.29, 0.717) is 37.5 Å². The Hall–Kier alpha value is -3.55. The standard InChI is InChI=1S/C22H25N3O5/c1-16-8-9-17(14-19(16)29-2)21(27)30-15-20(26)24-10-12-25(13-11-24)22(28)23-18-6-4-3-5-7-18/h3-9,14H,10-13,15H2,1-2H3,(H,23,28). The molecule has 3 rings (SSSR count). The van der Waals surface area contributed by atoms with Gasteiger partial charge in [0.25, 0.3) is 5.91 Å². The number of methoxy groups -OCH3 is 1. The summed E-state index contributed by atoms with van der Waals surface area (Å²) in [6.07, 6.45) is 0. The van der Waals surface area contributed by atoms with Crippen LogP contribution in [0.25, 0.3) is 0 Å². The molecular formula is C22H25N3O5. The van der Waals surface area contributed by atoms with Gasteiger partial charge in [-0.3, -0.25) is 4.79 Å². The summed E-state index contributed by atoms with van der Waals surface area (Å²) >= 11 is 0. The largest absolute Gasteiger partial charge is 0.496 e. The van der Waals surface area contributed by atoms with E-state index in [9.17, 15) is 14.4 Å². The monoisotopic (exact) mass is 411 g/mol. The Labute approximate surface area is 175 Å². The number of urea groups is 1. The van der Waals surface area contributed by atoms with Gasteiger partial charge in [0.05, 0.1) is 12.7 Å². The maximum atomic E-state index is 12.4. The normalized spacial score (nSPS) is 13.5. The number of carbonyl (C=O) groups is 3. The molecule has 8 nitrogen and oxygen atoms in total. The van der Waals surface area contributed by atoms with Crippen molar-refractivity contribution >= 4 is 23.6 Å². The van der Waals surface area contributed by atoms with Crippen molar-refractivity contribution in [1.29, 1.82) is 0 Å². The number of ether oxygens (including phenoxy) is 2. The molecule has 0 unspecified atom stereocenters.